The zero-order valence-electron chi connectivity index (χ0n) is 17.9. The summed E-state index contributed by atoms with van der Waals surface area (Å²) in [5, 5.41) is 5.57. The van der Waals surface area contributed by atoms with Gasteiger partial charge < -0.3 is 15.4 Å². The number of rotatable bonds is 9. The maximum Gasteiger partial charge on any atom is 0.328 e. The summed E-state index contributed by atoms with van der Waals surface area (Å²) in [6.45, 7) is 0. The van der Waals surface area contributed by atoms with Crippen LogP contribution in [0.4, 0.5) is 0 Å². The van der Waals surface area contributed by atoms with Crippen molar-refractivity contribution in [2.24, 2.45) is 0 Å². The molecule has 0 aromatic heterocycles. The average molecular weight is 431 g/mol. The highest BCUT2D eigenvalue weighted by Gasteiger charge is 2.28. The van der Waals surface area contributed by atoms with Crippen LogP contribution in [0, 0.1) is 0 Å². The van der Waals surface area contributed by atoms with Crippen molar-refractivity contribution in [3.05, 3.63) is 108 Å². The number of hydrogen-bond donors (Lipinski definition) is 2. The summed E-state index contributed by atoms with van der Waals surface area (Å²) < 4.78 is 4.89. The number of carbonyl (C=O) groups excluding carboxylic acids is 3. The van der Waals surface area contributed by atoms with Crippen molar-refractivity contribution >= 4 is 17.8 Å². The van der Waals surface area contributed by atoms with E-state index in [1.165, 1.54) is 7.11 Å². The van der Waals surface area contributed by atoms with Crippen LogP contribution in [0.3, 0.4) is 0 Å². The molecule has 6 heteroatoms. The lowest BCUT2D eigenvalue weighted by Gasteiger charge is -2.22. The molecular formula is C26H26N2O4. The van der Waals surface area contributed by atoms with Gasteiger partial charge in [-0.2, -0.15) is 0 Å². The van der Waals surface area contributed by atoms with Gasteiger partial charge >= 0.3 is 5.97 Å². The number of nitrogens with one attached hydrogen (secondary N) is 2. The maximum atomic E-state index is 13.2. The number of ether oxygens (including phenoxy) is 1. The topological polar surface area (TPSA) is 84.5 Å². The number of carbonyl (C=O) groups is 3. The number of esters is 1. The summed E-state index contributed by atoms with van der Waals surface area (Å²) in [5.41, 5.74) is 2.22. The summed E-state index contributed by atoms with van der Waals surface area (Å²) in [6.07, 6.45) is 0.564. The second-order valence-electron chi connectivity index (χ2n) is 7.36. The Morgan fingerprint density at radius 3 is 1.66 bits per heavy atom. The van der Waals surface area contributed by atoms with Crippen molar-refractivity contribution < 1.29 is 19.1 Å². The van der Waals surface area contributed by atoms with E-state index in [2.05, 4.69) is 10.6 Å². The van der Waals surface area contributed by atoms with Crippen LogP contribution in [-0.4, -0.2) is 37.0 Å². The van der Waals surface area contributed by atoms with Gasteiger partial charge in [0.1, 0.15) is 12.1 Å². The number of methoxy groups -OCH3 is 1. The molecule has 3 aromatic rings. The Bertz CT molecular complexity index is 1020. The molecule has 0 aliphatic heterocycles. The van der Waals surface area contributed by atoms with Gasteiger partial charge in [-0.25, -0.2) is 4.79 Å². The molecule has 0 bridgehead atoms. The van der Waals surface area contributed by atoms with Gasteiger partial charge in [0.2, 0.25) is 5.91 Å². The smallest absolute Gasteiger partial charge is 0.328 e. The van der Waals surface area contributed by atoms with E-state index in [1.54, 1.807) is 24.3 Å². The van der Waals surface area contributed by atoms with Crippen molar-refractivity contribution in [2.75, 3.05) is 7.11 Å². The first-order valence-corrected chi connectivity index (χ1v) is 10.4. The molecule has 0 aliphatic carbocycles. The lowest BCUT2D eigenvalue weighted by molar-refractivity contribution is -0.145. The summed E-state index contributed by atoms with van der Waals surface area (Å²) in [4.78, 5) is 38.3. The summed E-state index contributed by atoms with van der Waals surface area (Å²) in [5.74, 6) is -1.36. The molecule has 3 aromatic carbocycles. The summed E-state index contributed by atoms with van der Waals surface area (Å²) >= 11 is 0. The Balaban J connectivity index is 1.78. The van der Waals surface area contributed by atoms with Gasteiger partial charge in [-0.3, -0.25) is 9.59 Å². The van der Waals surface area contributed by atoms with Crippen LogP contribution in [0.25, 0.3) is 0 Å². The highest BCUT2D eigenvalue weighted by Crippen LogP contribution is 2.09. The van der Waals surface area contributed by atoms with E-state index in [0.717, 1.165) is 11.1 Å². The largest absolute Gasteiger partial charge is 0.467 e. The second kappa shape index (κ2) is 11.5. The van der Waals surface area contributed by atoms with E-state index in [-0.39, 0.29) is 18.7 Å². The molecule has 2 N–H and O–H groups in total. The van der Waals surface area contributed by atoms with E-state index in [1.807, 2.05) is 66.7 Å². The van der Waals surface area contributed by atoms with Crippen molar-refractivity contribution in [1.29, 1.82) is 0 Å². The number of amides is 2. The molecule has 0 saturated carbocycles. The first-order valence-electron chi connectivity index (χ1n) is 10.4. The van der Waals surface area contributed by atoms with Gasteiger partial charge in [0.15, 0.2) is 0 Å². The highest BCUT2D eigenvalue weighted by molar-refractivity contribution is 5.98. The third kappa shape index (κ3) is 6.54. The van der Waals surface area contributed by atoms with Crippen LogP contribution in [0.5, 0.6) is 0 Å². The quantitative estimate of drug-likeness (QED) is 0.511. The van der Waals surface area contributed by atoms with Crippen molar-refractivity contribution in [3.8, 4) is 0 Å². The van der Waals surface area contributed by atoms with Gasteiger partial charge in [-0.1, -0.05) is 78.9 Å². The molecule has 3 rings (SSSR count). The Morgan fingerprint density at radius 2 is 1.16 bits per heavy atom. The Labute approximate surface area is 187 Å². The van der Waals surface area contributed by atoms with Crippen LogP contribution >= 0.6 is 0 Å². The van der Waals surface area contributed by atoms with E-state index in [0.29, 0.717) is 5.56 Å². The lowest BCUT2D eigenvalue weighted by Crippen LogP contribution is -2.53. The normalized spacial score (nSPS) is 12.3. The second-order valence-corrected chi connectivity index (χ2v) is 7.36. The average Bonchev–Trinajstić information content (AvgIpc) is 2.84. The Kier molecular flexibility index (Phi) is 8.15. The predicted octanol–water partition coefficient (Wildman–Crippen LogP) is 2.93. The SMILES string of the molecule is COC(=O)[C@H](Cc1ccccc1)NC(=O)[C@H](Cc1ccccc1)NC(=O)c1ccccc1. The fourth-order valence-corrected chi connectivity index (χ4v) is 3.35. The van der Waals surface area contributed by atoms with Crippen molar-refractivity contribution in [2.45, 2.75) is 24.9 Å². The standard InChI is InChI=1S/C26H26N2O4/c1-32-26(31)23(18-20-13-7-3-8-14-20)28-25(30)22(17-19-11-5-2-6-12-19)27-24(29)21-15-9-4-10-16-21/h2-16,22-23H,17-18H2,1H3,(H,27,29)(H,28,30)/t22-,23-/m0/s1. The number of hydrogen-bond acceptors (Lipinski definition) is 4. The minimum atomic E-state index is -0.873. The van der Waals surface area contributed by atoms with Crippen molar-refractivity contribution in [1.82, 2.24) is 10.6 Å². The molecule has 6 nitrogen and oxygen atoms in total. The van der Waals surface area contributed by atoms with E-state index in [4.69, 9.17) is 4.74 Å². The lowest BCUT2D eigenvalue weighted by atomic mass is 10.0. The minimum absolute atomic E-state index is 0.282. The molecule has 0 fully saturated rings. The van der Waals surface area contributed by atoms with E-state index in [9.17, 15) is 14.4 Å². The van der Waals surface area contributed by atoms with Crippen molar-refractivity contribution in [3.63, 3.8) is 0 Å². The monoisotopic (exact) mass is 430 g/mol. The van der Waals surface area contributed by atoms with Crippen LogP contribution in [0.2, 0.25) is 0 Å². The molecule has 0 radical (unpaired) electrons. The first-order chi connectivity index (χ1) is 15.6. The molecular weight excluding hydrogens is 404 g/mol. The van der Waals surface area contributed by atoms with E-state index < -0.39 is 24.0 Å². The molecule has 0 saturated heterocycles. The minimum Gasteiger partial charge on any atom is -0.467 e. The Hall–Kier alpha value is -3.93. The van der Waals surface area contributed by atoms with Crippen LogP contribution in [-0.2, 0) is 27.2 Å². The third-order valence-corrected chi connectivity index (χ3v) is 5.03. The van der Waals surface area contributed by atoms with Crippen LogP contribution in [0.15, 0.2) is 91.0 Å². The third-order valence-electron chi connectivity index (χ3n) is 5.03. The predicted molar refractivity (Wildman–Crippen MR) is 122 cm³/mol. The first kappa shape index (κ1) is 22.7. The zero-order chi connectivity index (χ0) is 22.8. The number of benzene rings is 3. The maximum absolute atomic E-state index is 13.2. The fourth-order valence-electron chi connectivity index (χ4n) is 3.35. The molecule has 32 heavy (non-hydrogen) atoms. The van der Waals surface area contributed by atoms with Gasteiger partial charge in [-0.05, 0) is 23.3 Å². The van der Waals surface area contributed by atoms with Gasteiger partial charge in [0, 0.05) is 18.4 Å². The fraction of sp³-hybridized carbons (Fsp3) is 0.192. The van der Waals surface area contributed by atoms with Crippen LogP contribution < -0.4 is 10.6 Å². The molecule has 164 valence electrons. The van der Waals surface area contributed by atoms with E-state index >= 15 is 0 Å². The summed E-state index contributed by atoms with van der Waals surface area (Å²) in [7, 11) is 1.28. The zero-order valence-corrected chi connectivity index (χ0v) is 17.9. The van der Waals surface area contributed by atoms with Gasteiger partial charge in [-0.15, -0.1) is 0 Å². The Morgan fingerprint density at radius 1 is 0.688 bits per heavy atom. The molecule has 0 spiro atoms. The van der Waals surface area contributed by atoms with Gasteiger partial charge in [0.25, 0.3) is 5.91 Å². The molecule has 0 aliphatic rings. The van der Waals surface area contributed by atoms with Crippen LogP contribution in [0.1, 0.15) is 21.5 Å². The summed E-state index contributed by atoms with van der Waals surface area (Å²) in [6, 6.07) is 25.7. The molecule has 0 unspecified atom stereocenters. The molecule has 2 atom stereocenters. The van der Waals surface area contributed by atoms with Gasteiger partial charge in [0.05, 0.1) is 7.11 Å². The molecule has 0 heterocycles. The highest BCUT2D eigenvalue weighted by atomic mass is 16.5. The molecule has 2 amide bonds.